The number of hydrogen-bond acceptors (Lipinski definition) is 2. The average molecular weight is 402 g/mol. The molecule has 1 heterocycles. The van der Waals surface area contributed by atoms with Crippen molar-refractivity contribution in [1.82, 2.24) is 14.8 Å². The molecule has 0 aliphatic carbocycles. The van der Waals surface area contributed by atoms with Crippen LogP contribution < -0.4 is 0 Å². The normalized spacial score (nSPS) is 13.8. The maximum absolute atomic E-state index is 6.04. The van der Waals surface area contributed by atoms with Gasteiger partial charge in [0.1, 0.15) is 18.2 Å². The van der Waals surface area contributed by atoms with Gasteiger partial charge in [-0.05, 0) is 39.8 Å². The Hall–Kier alpha value is -2.91. The van der Waals surface area contributed by atoms with Gasteiger partial charge in [-0.2, -0.15) is 5.10 Å². The summed E-state index contributed by atoms with van der Waals surface area (Å²) >= 11 is 6.04. The van der Waals surface area contributed by atoms with E-state index in [1.54, 1.807) is 6.33 Å². The van der Waals surface area contributed by atoms with Crippen LogP contribution in [0.1, 0.15) is 31.9 Å². The van der Waals surface area contributed by atoms with Gasteiger partial charge in [-0.3, -0.25) is 0 Å². The molecule has 0 aliphatic rings. The molecule has 146 valence electrons. The summed E-state index contributed by atoms with van der Waals surface area (Å²) in [5.74, 6) is 0. The molecule has 4 heteroatoms. The third-order valence-electron chi connectivity index (χ3n) is 5.52. The van der Waals surface area contributed by atoms with Crippen LogP contribution in [0.2, 0.25) is 5.02 Å². The monoisotopic (exact) mass is 401 g/mol. The quantitative estimate of drug-likeness (QED) is 0.394. The highest BCUT2D eigenvalue weighted by Crippen LogP contribution is 2.47. The van der Waals surface area contributed by atoms with Gasteiger partial charge in [-0.15, -0.1) is 0 Å². The molecule has 1 aromatic heterocycles. The van der Waals surface area contributed by atoms with Crippen LogP contribution in [0.15, 0.2) is 91.5 Å². The highest BCUT2D eigenvalue weighted by molar-refractivity contribution is 6.30. The van der Waals surface area contributed by atoms with Gasteiger partial charge in [-0.25, -0.2) is 9.67 Å². The fraction of sp³-hybridized carbons (Fsp3) is 0.200. The first kappa shape index (κ1) is 19.4. The topological polar surface area (TPSA) is 30.7 Å². The first-order valence-electron chi connectivity index (χ1n) is 9.70. The van der Waals surface area contributed by atoms with E-state index in [0.29, 0.717) is 0 Å². The van der Waals surface area contributed by atoms with Crippen LogP contribution in [0.3, 0.4) is 0 Å². The van der Waals surface area contributed by atoms with Crippen LogP contribution in [0.5, 0.6) is 0 Å². The zero-order valence-electron chi connectivity index (χ0n) is 16.9. The number of aromatic nitrogens is 3. The molecular formula is C25H24ClN3. The van der Waals surface area contributed by atoms with Crippen LogP contribution in [0.4, 0.5) is 0 Å². The average Bonchev–Trinajstić information content (AvgIpc) is 3.24. The van der Waals surface area contributed by atoms with Crippen molar-refractivity contribution in [2.24, 2.45) is 5.41 Å². The van der Waals surface area contributed by atoms with Crippen LogP contribution in [0, 0.1) is 5.41 Å². The van der Waals surface area contributed by atoms with Crippen molar-refractivity contribution in [3.63, 3.8) is 0 Å². The molecule has 4 aromatic rings. The van der Waals surface area contributed by atoms with E-state index < -0.39 is 5.54 Å². The lowest BCUT2D eigenvalue weighted by atomic mass is 9.65. The highest BCUT2D eigenvalue weighted by atomic mass is 35.5. The summed E-state index contributed by atoms with van der Waals surface area (Å²) in [4.78, 5) is 4.27. The van der Waals surface area contributed by atoms with Gasteiger partial charge in [0, 0.05) is 5.02 Å². The largest absolute Gasteiger partial charge is 0.237 e. The van der Waals surface area contributed by atoms with E-state index in [1.807, 2.05) is 41.3 Å². The smallest absolute Gasteiger partial charge is 0.137 e. The molecule has 0 radical (unpaired) electrons. The molecule has 1 unspecified atom stereocenters. The molecule has 0 amide bonds. The predicted octanol–water partition coefficient (Wildman–Crippen LogP) is 6.44. The second kappa shape index (κ2) is 7.49. The second-order valence-corrected chi connectivity index (χ2v) is 8.69. The minimum Gasteiger partial charge on any atom is -0.237 e. The zero-order chi connectivity index (χ0) is 20.5. The van der Waals surface area contributed by atoms with Crippen LogP contribution >= 0.6 is 11.6 Å². The minimum absolute atomic E-state index is 0.163. The molecule has 0 bridgehead atoms. The summed E-state index contributed by atoms with van der Waals surface area (Å²) in [6.07, 6.45) is 3.41. The number of halogens is 1. The van der Waals surface area contributed by atoms with Gasteiger partial charge in [0.05, 0.1) is 0 Å². The van der Waals surface area contributed by atoms with Gasteiger partial charge in [-0.1, -0.05) is 99.1 Å². The Balaban J connectivity index is 1.91. The highest BCUT2D eigenvalue weighted by Gasteiger charge is 2.47. The van der Waals surface area contributed by atoms with Crippen molar-refractivity contribution < 1.29 is 0 Å². The van der Waals surface area contributed by atoms with E-state index in [9.17, 15) is 0 Å². The zero-order valence-corrected chi connectivity index (χ0v) is 17.6. The van der Waals surface area contributed by atoms with Crippen molar-refractivity contribution in [1.29, 1.82) is 0 Å². The molecule has 1 atom stereocenters. The number of benzene rings is 3. The standard InChI is InChI=1S/C25H24ClN3/c1-24(2,3)25(29-18-27-17-28-29,21-7-5-4-6-8-21)22-13-9-19(10-14-22)20-11-15-23(26)16-12-20/h4-18H,1-3H3. The summed E-state index contributed by atoms with van der Waals surface area (Å²) < 4.78 is 1.99. The molecule has 0 aliphatic heterocycles. The Morgan fingerprint density at radius 2 is 1.28 bits per heavy atom. The second-order valence-electron chi connectivity index (χ2n) is 8.25. The SMILES string of the molecule is CC(C)(C)C(c1ccccc1)(c1ccc(-c2ccc(Cl)cc2)cc1)n1cncn1. The predicted molar refractivity (Wildman–Crippen MR) is 119 cm³/mol. The van der Waals surface area contributed by atoms with Gasteiger partial charge < -0.3 is 0 Å². The van der Waals surface area contributed by atoms with E-state index in [-0.39, 0.29) is 5.41 Å². The van der Waals surface area contributed by atoms with Crippen molar-refractivity contribution >= 4 is 11.6 Å². The van der Waals surface area contributed by atoms with Crippen molar-refractivity contribution in [2.45, 2.75) is 26.3 Å². The van der Waals surface area contributed by atoms with Gasteiger partial charge >= 0.3 is 0 Å². The molecular weight excluding hydrogens is 378 g/mol. The number of nitrogens with zero attached hydrogens (tertiary/aromatic N) is 3. The van der Waals surface area contributed by atoms with E-state index in [2.05, 4.69) is 79.4 Å². The third-order valence-corrected chi connectivity index (χ3v) is 5.77. The molecule has 0 fully saturated rings. The minimum atomic E-state index is -0.497. The van der Waals surface area contributed by atoms with E-state index in [4.69, 9.17) is 11.6 Å². The fourth-order valence-electron chi connectivity index (χ4n) is 4.25. The lowest BCUT2D eigenvalue weighted by molar-refractivity contribution is 0.171. The molecule has 29 heavy (non-hydrogen) atoms. The Kier molecular flexibility index (Phi) is 5.01. The summed E-state index contributed by atoms with van der Waals surface area (Å²) in [5, 5.41) is 5.33. The molecule has 3 nitrogen and oxygen atoms in total. The summed E-state index contributed by atoms with van der Waals surface area (Å²) in [7, 11) is 0. The summed E-state index contributed by atoms with van der Waals surface area (Å²) in [6.45, 7) is 6.73. The number of hydrogen-bond donors (Lipinski definition) is 0. The van der Waals surface area contributed by atoms with Crippen LogP contribution in [0.25, 0.3) is 11.1 Å². The van der Waals surface area contributed by atoms with E-state index in [1.165, 1.54) is 11.1 Å². The van der Waals surface area contributed by atoms with Gasteiger partial charge in [0.15, 0.2) is 0 Å². The Morgan fingerprint density at radius 1 is 0.724 bits per heavy atom. The molecule has 0 saturated carbocycles. The summed E-state index contributed by atoms with van der Waals surface area (Å²) in [5.41, 5.74) is 3.98. The van der Waals surface area contributed by atoms with Crippen molar-refractivity contribution in [2.75, 3.05) is 0 Å². The lowest BCUT2D eigenvalue weighted by Crippen LogP contribution is -2.48. The third kappa shape index (κ3) is 3.36. The van der Waals surface area contributed by atoms with Crippen molar-refractivity contribution in [3.05, 3.63) is 108 Å². The molecule has 0 saturated heterocycles. The van der Waals surface area contributed by atoms with Crippen LogP contribution in [-0.4, -0.2) is 14.8 Å². The van der Waals surface area contributed by atoms with Crippen molar-refractivity contribution in [3.8, 4) is 11.1 Å². The van der Waals surface area contributed by atoms with E-state index in [0.717, 1.165) is 16.1 Å². The van der Waals surface area contributed by atoms with Crippen LogP contribution in [-0.2, 0) is 5.54 Å². The Morgan fingerprint density at radius 3 is 1.79 bits per heavy atom. The molecule has 0 spiro atoms. The number of rotatable bonds is 4. The first-order chi connectivity index (χ1) is 13.9. The molecule has 0 N–H and O–H groups in total. The van der Waals surface area contributed by atoms with Gasteiger partial charge in [0.25, 0.3) is 0 Å². The van der Waals surface area contributed by atoms with Gasteiger partial charge in [0.2, 0.25) is 0 Å². The summed E-state index contributed by atoms with van der Waals surface area (Å²) in [6, 6.07) is 27.2. The Bertz CT molecular complexity index is 1060. The fourth-order valence-corrected chi connectivity index (χ4v) is 4.37. The maximum Gasteiger partial charge on any atom is 0.137 e. The molecule has 3 aromatic carbocycles. The first-order valence-corrected chi connectivity index (χ1v) is 10.1. The molecule has 4 rings (SSSR count). The maximum atomic E-state index is 6.04. The lowest BCUT2D eigenvalue weighted by Gasteiger charge is -2.45. The Labute approximate surface area is 177 Å². The van der Waals surface area contributed by atoms with E-state index >= 15 is 0 Å².